The topological polar surface area (TPSA) is 225 Å². The van der Waals surface area contributed by atoms with E-state index in [1.165, 1.54) is 28.0 Å². The molecule has 3 atom stereocenters. The Kier molecular flexibility index (Phi) is 20.0. The molecule has 0 spiro atoms. The lowest BCUT2D eigenvalue weighted by Crippen LogP contribution is -2.59. The summed E-state index contributed by atoms with van der Waals surface area (Å²) < 4.78 is 21.1. The first-order chi connectivity index (χ1) is 37.7. The second kappa shape index (κ2) is 26.5. The average Bonchev–Trinajstić information content (AvgIpc) is 3.86. The number of β-amino-alcohol motifs (C(OH)–C–C–N with tert-alkyl or cyclic N) is 1. The molecular formula is C58H78ClFN10O7S2. The molecule has 4 aromatic rings. The number of rotatable bonds is 23. The Labute approximate surface area is 477 Å². The number of alkyl halides is 1. The van der Waals surface area contributed by atoms with E-state index in [1.54, 1.807) is 44.7 Å². The summed E-state index contributed by atoms with van der Waals surface area (Å²) in [5.41, 5.74) is 8.27. The number of aryl methyl sites for hydroxylation is 1. The molecule has 3 aliphatic heterocycles. The van der Waals surface area contributed by atoms with E-state index in [1.807, 2.05) is 42.2 Å². The van der Waals surface area contributed by atoms with Crippen LogP contribution in [-0.2, 0) is 30.5 Å². The summed E-state index contributed by atoms with van der Waals surface area (Å²) >= 11 is 9.72. The number of nitrogens with one attached hydrogen (secondary N) is 3. The van der Waals surface area contributed by atoms with E-state index in [0.29, 0.717) is 72.9 Å². The molecule has 4 aliphatic rings. The molecule has 1 aliphatic carbocycles. The van der Waals surface area contributed by atoms with E-state index in [9.17, 15) is 33.5 Å². The van der Waals surface area contributed by atoms with Crippen LogP contribution in [-0.4, -0.2) is 129 Å². The summed E-state index contributed by atoms with van der Waals surface area (Å²) in [6, 6.07) is 9.27. The zero-order valence-corrected chi connectivity index (χ0v) is 48.7. The van der Waals surface area contributed by atoms with Crippen molar-refractivity contribution in [1.82, 2.24) is 35.4 Å². The minimum Gasteiger partial charge on any atom is -0.493 e. The molecule has 0 bridgehead atoms. The van der Waals surface area contributed by atoms with Crippen LogP contribution in [0, 0.1) is 23.7 Å². The van der Waals surface area contributed by atoms with Gasteiger partial charge in [0.1, 0.15) is 28.7 Å². The van der Waals surface area contributed by atoms with E-state index >= 15 is 0 Å². The molecule has 5 heterocycles. The van der Waals surface area contributed by atoms with Crippen molar-refractivity contribution in [3.05, 3.63) is 70.6 Å². The number of amides is 5. The van der Waals surface area contributed by atoms with Crippen LogP contribution in [0.15, 0.2) is 64.2 Å². The molecule has 428 valence electrons. The smallest absolute Gasteiger partial charge is 0.258 e. The van der Waals surface area contributed by atoms with Crippen molar-refractivity contribution in [2.75, 3.05) is 56.1 Å². The van der Waals surface area contributed by atoms with Gasteiger partial charge in [-0.2, -0.15) is 0 Å². The van der Waals surface area contributed by atoms with Crippen molar-refractivity contribution in [3.8, 4) is 16.2 Å². The minimum absolute atomic E-state index is 0.0173. The van der Waals surface area contributed by atoms with Crippen molar-refractivity contribution >= 4 is 75.7 Å². The maximum atomic E-state index is 14.7. The molecule has 79 heavy (non-hydrogen) atoms. The number of aromatic nitrogens is 3. The maximum Gasteiger partial charge on any atom is 0.258 e. The predicted molar refractivity (Wildman–Crippen MR) is 307 cm³/mol. The number of nitrogens with two attached hydrogens (primary N) is 1. The zero-order valence-electron chi connectivity index (χ0n) is 46.3. The summed E-state index contributed by atoms with van der Waals surface area (Å²) in [6.45, 7) is 13.8. The molecule has 4 fully saturated rings. The number of nitrogens with zero attached hydrogens (tertiary/aromatic N) is 6. The normalized spacial score (nSPS) is 19.4. The van der Waals surface area contributed by atoms with Gasteiger partial charge in [0.15, 0.2) is 5.67 Å². The lowest BCUT2D eigenvalue weighted by molar-refractivity contribution is -0.145. The Morgan fingerprint density at radius 1 is 0.975 bits per heavy atom. The van der Waals surface area contributed by atoms with E-state index < -0.39 is 47.0 Å². The molecule has 0 radical (unpaired) electrons. The van der Waals surface area contributed by atoms with Crippen LogP contribution < -0.4 is 31.3 Å². The van der Waals surface area contributed by atoms with E-state index in [2.05, 4.69) is 42.7 Å². The van der Waals surface area contributed by atoms with Crippen molar-refractivity contribution in [2.24, 2.45) is 22.5 Å². The average molecular weight is 1150 g/mol. The van der Waals surface area contributed by atoms with Gasteiger partial charge in [-0.05, 0) is 125 Å². The number of carbonyl (C=O) groups excluding carboxylic acids is 5. The van der Waals surface area contributed by atoms with Crippen LogP contribution >= 0.6 is 34.7 Å². The SMILES string of the molecule is Cc1ncsc1-c1ccc(CNC(=O)C2CC(O)CN2C(=O)[C@@H](NC(=O)C2(F)CC2)C(C)(C)C)c(OCCCCCC(=O)N2CCC(CCCC(=O)Nc3cccc(Sc4cnc(N5CCC(C)(CN)CC5)cn4)c3Cl)CC2)c1. The fourth-order valence-corrected chi connectivity index (χ4v) is 12.4. The highest BCUT2D eigenvalue weighted by Gasteiger charge is 2.53. The summed E-state index contributed by atoms with van der Waals surface area (Å²) in [5.74, 6) is 0.104. The number of piperidine rings is 2. The fraction of sp³-hybridized carbons (Fsp3) is 0.586. The van der Waals surface area contributed by atoms with Crippen LogP contribution in [0.5, 0.6) is 5.75 Å². The first-order valence-electron chi connectivity index (χ1n) is 28.0. The second-order valence-electron chi connectivity index (χ2n) is 23.3. The van der Waals surface area contributed by atoms with E-state index in [0.717, 1.165) is 96.9 Å². The number of carbonyl (C=O) groups is 5. The number of likely N-dealkylation sites (tertiary alicyclic amines) is 2. The van der Waals surface area contributed by atoms with Gasteiger partial charge < -0.3 is 46.2 Å². The van der Waals surface area contributed by atoms with Gasteiger partial charge >= 0.3 is 0 Å². The molecule has 1 saturated carbocycles. The third-order valence-corrected chi connectivity index (χ3v) is 18.5. The Hall–Kier alpha value is -5.41. The summed E-state index contributed by atoms with van der Waals surface area (Å²) in [7, 11) is 0. The van der Waals surface area contributed by atoms with Crippen LogP contribution in [0.2, 0.25) is 5.02 Å². The van der Waals surface area contributed by atoms with Crippen LogP contribution in [0.4, 0.5) is 15.9 Å². The Morgan fingerprint density at radius 2 is 1.73 bits per heavy atom. The van der Waals surface area contributed by atoms with Gasteiger partial charge in [-0.3, -0.25) is 24.0 Å². The molecule has 5 amide bonds. The lowest BCUT2D eigenvalue weighted by Gasteiger charge is -2.39. The summed E-state index contributed by atoms with van der Waals surface area (Å²) in [4.78, 5) is 87.9. The van der Waals surface area contributed by atoms with Crippen LogP contribution in [0.3, 0.4) is 0 Å². The molecule has 6 N–H and O–H groups in total. The largest absolute Gasteiger partial charge is 0.493 e. The number of aliphatic hydroxyl groups is 1. The van der Waals surface area contributed by atoms with Gasteiger partial charge in [-0.1, -0.05) is 69.3 Å². The molecule has 17 nitrogen and oxygen atoms in total. The Balaban J connectivity index is 0.737. The predicted octanol–water partition coefficient (Wildman–Crippen LogP) is 8.88. The van der Waals surface area contributed by atoms with Gasteiger partial charge in [0.25, 0.3) is 5.91 Å². The molecular weight excluding hydrogens is 1070 g/mol. The monoisotopic (exact) mass is 1140 g/mol. The molecule has 3 saturated heterocycles. The molecule has 8 rings (SSSR count). The van der Waals surface area contributed by atoms with Gasteiger partial charge in [-0.15, -0.1) is 11.3 Å². The molecule has 2 unspecified atom stereocenters. The quantitative estimate of drug-likeness (QED) is 0.0438. The number of thiazole rings is 1. The first kappa shape index (κ1) is 59.7. The first-order valence-corrected chi connectivity index (χ1v) is 30.0. The minimum atomic E-state index is -1.98. The van der Waals surface area contributed by atoms with Crippen molar-refractivity contribution in [1.29, 1.82) is 0 Å². The molecule has 2 aromatic carbocycles. The van der Waals surface area contributed by atoms with E-state index in [4.69, 9.17) is 22.1 Å². The van der Waals surface area contributed by atoms with Crippen molar-refractivity contribution < 1.29 is 38.2 Å². The van der Waals surface area contributed by atoms with Crippen LogP contribution in [0.1, 0.15) is 129 Å². The fourth-order valence-electron chi connectivity index (χ4n) is 10.5. The van der Waals surface area contributed by atoms with Gasteiger partial charge in [0, 0.05) is 69.0 Å². The lowest BCUT2D eigenvalue weighted by atomic mass is 9.80. The number of benzene rings is 2. The van der Waals surface area contributed by atoms with E-state index in [-0.39, 0.29) is 49.6 Å². The Bertz CT molecular complexity index is 2780. The number of unbranched alkanes of at least 4 members (excludes halogenated alkanes) is 2. The van der Waals surface area contributed by atoms with Crippen LogP contribution in [0.25, 0.3) is 10.4 Å². The third-order valence-electron chi connectivity index (χ3n) is 16.0. The zero-order chi connectivity index (χ0) is 56.5. The number of hydrogen-bond acceptors (Lipinski definition) is 14. The van der Waals surface area contributed by atoms with Gasteiger partial charge in [-0.25, -0.2) is 19.3 Å². The number of halogens is 2. The number of aliphatic hydroxyl groups excluding tert-OH is 1. The number of anilines is 2. The molecule has 21 heteroatoms. The number of ether oxygens (including phenoxy) is 1. The standard InChI is InChI=1S/C58H78ClFN10O7S2/c1-37-51(78-36-65-37)39-16-17-40(31-64-53(74)43-30-41(71)34-70(43)54(75)52(56(2,3)4)67-55(76)58(60)20-21-58)44(29-39)77-28-8-6-7-15-49(73)69-24-18-38(19-25-69)11-9-14-47(72)66-42-12-10-13-45(50(42)59)79-48-33-62-46(32-63-48)68-26-22-57(5,35-61)23-27-68/h10,12-13,16-17,29,32-33,36,38,41,43,52,71H,6-9,11,14-15,18-28,30-31,34-35,61H2,1-5H3,(H,64,74)(H,66,72)(H,67,76)/t41?,43?,52-/m1/s1. The van der Waals surface area contributed by atoms with Crippen molar-refractivity contribution in [3.63, 3.8) is 0 Å². The maximum absolute atomic E-state index is 14.7. The molecule has 2 aromatic heterocycles. The number of hydrogen-bond donors (Lipinski definition) is 5. The summed E-state index contributed by atoms with van der Waals surface area (Å²) in [5, 5.41) is 20.4. The summed E-state index contributed by atoms with van der Waals surface area (Å²) in [6.07, 6.45) is 11.4. The Morgan fingerprint density at radius 3 is 2.41 bits per heavy atom. The highest BCUT2D eigenvalue weighted by Crippen LogP contribution is 2.41. The third kappa shape index (κ3) is 15.7. The van der Waals surface area contributed by atoms with Gasteiger partial charge in [0.2, 0.25) is 23.6 Å². The highest BCUT2D eigenvalue weighted by atomic mass is 35.5. The van der Waals surface area contributed by atoms with Gasteiger partial charge in [0.05, 0.1) is 51.9 Å². The second-order valence-corrected chi connectivity index (χ2v) is 25.6. The van der Waals surface area contributed by atoms with Crippen molar-refractivity contribution in [2.45, 2.75) is 165 Å². The highest BCUT2D eigenvalue weighted by molar-refractivity contribution is 7.99.